The Labute approximate surface area is 179 Å². The smallest absolute Gasteiger partial charge is 0.0665 e. The number of hydrogen-bond acceptors (Lipinski definition) is 3. The maximum Gasteiger partial charge on any atom is 0.0665 e. The van der Waals surface area contributed by atoms with E-state index in [2.05, 4.69) is 88.4 Å². The highest BCUT2D eigenvalue weighted by molar-refractivity contribution is 7.16. The van der Waals surface area contributed by atoms with E-state index in [1.807, 2.05) is 0 Å². The fourth-order valence-electron chi connectivity index (χ4n) is 3.40. The average molecular weight is 403 g/mol. The van der Waals surface area contributed by atoms with Gasteiger partial charge in [-0.1, -0.05) is 63.1 Å². The van der Waals surface area contributed by atoms with Gasteiger partial charge in [-0.25, -0.2) is 0 Å². The zero-order valence-corrected chi connectivity index (χ0v) is 18.7. The van der Waals surface area contributed by atoms with E-state index >= 15 is 0 Å². The summed E-state index contributed by atoms with van der Waals surface area (Å²) in [5.41, 5.74) is 6.92. The van der Waals surface area contributed by atoms with Crippen LogP contribution in [0.25, 0.3) is 0 Å². The van der Waals surface area contributed by atoms with E-state index in [0.29, 0.717) is 0 Å². The molecule has 0 aliphatic heterocycles. The Morgan fingerprint density at radius 2 is 1.07 bits per heavy atom. The van der Waals surface area contributed by atoms with E-state index in [1.54, 1.807) is 11.3 Å². The van der Waals surface area contributed by atoms with Crippen LogP contribution in [0.15, 0.2) is 70.6 Å². The molecule has 0 radical (unpaired) electrons. The maximum atomic E-state index is 4.93. The lowest BCUT2D eigenvalue weighted by Gasteiger charge is -2.05. The molecular weight excluding hydrogens is 372 g/mol. The standard InChI is InChI=1S/C26H30N2S/c1-5-11-21-13-7-9-15-23(21)27-19(3)25-17-18-26(29-25)20(4)28-24-16-10-8-14-22(24)12-6-2/h7-10,13-18H,5-6,11-12H2,1-4H3. The van der Waals surface area contributed by atoms with Crippen LogP contribution in [0.5, 0.6) is 0 Å². The zero-order chi connectivity index (χ0) is 20.6. The van der Waals surface area contributed by atoms with E-state index in [1.165, 1.54) is 20.9 Å². The topological polar surface area (TPSA) is 24.7 Å². The number of aliphatic imine (C=N–C) groups is 2. The van der Waals surface area contributed by atoms with Gasteiger partial charge in [-0.3, -0.25) is 9.98 Å². The molecule has 0 saturated heterocycles. The van der Waals surface area contributed by atoms with Gasteiger partial charge >= 0.3 is 0 Å². The predicted molar refractivity (Wildman–Crippen MR) is 129 cm³/mol. The molecule has 3 heteroatoms. The van der Waals surface area contributed by atoms with Crippen LogP contribution in [0.2, 0.25) is 0 Å². The normalized spacial score (nSPS) is 12.4. The first kappa shape index (κ1) is 21.2. The highest BCUT2D eigenvalue weighted by Crippen LogP contribution is 2.26. The third kappa shape index (κ3) is 5.51. The summed E-state index contributed by atoms with van der Waals surface area (Å²) >= 11 is 1.76. The first-order valence-corrected chi connectivity index (χ1v) is 11.3. The Hall–Kier alpha value is -2.52. The molecule has 1 heterocycles. The quantitative estimate of drug-likeness (QED) is 0.342. The highest BCUT2D eigenvalue weighted by Gasteiger charge is 2.08. The molecule has 0 aliphatic rings. The van der Waals surface area contributed by atoms with Crippen LogP contribution in [0.4, 0.5) is 11.4 Å². The molecule has 150 valence electrons. The first-order valence-electron chi connectivity index (χ1n) is 10.5. The lowest BCUT2D eigenvalue weighted by Crippen LogP contribution is -1.92. The van der Waals surface area contributed by atoms with Crippen molar-refractivity contribution >= 4 is 34.1 Å². The molecular formula is C26H30N2S. The van der Waals surface area contributed by atoms with Crippen LogP contribution in [0.3, 0.4) is 0 Å². The van der Waals surface area contributed by atoms with E-state index in [9.17, 15) is 0 Å². The number of nitrogens with zero attached hydrogens (tertiary/aromatic N) is 2. The van der Waals surface area contributed by atoms with Crippen molar-refractivity contribution in [3.8, 4) is 0 Å². The van der Waals surface area contributed by atoms with E-state index in [4.69, 9.17) is 9.98 Å². The lowest BCUT2D eigenvalue weighted by atomic mass is 10.1. The van der Waals surface area contributed by atoms with E-state index in [-0.39, 0.29) is 0 Å². The summed E-state index contributed by atoms with van der Waals surface area (Å²) in [7, 11) is 0. The molecule has 3 rings (SSSR count). The van der Waals surface area contributed by atoms with Gasteiger partial charge < -0.3 is 0 Å². The van der Waals surface area contributed by atoms with Crippen molar-refractivity contribution in [2.24, 2.45) is 9.98 Å². The Morgan fingerprint density at radius 3 is 1.48 bits per heavy atom. The van der Waals surface area contributed by atoms with Gasteiger partial charge in [-0.2, -0.15) is 0 Å². The molecule has 1 aromatic heterocycles. The van der Waals surface area contributed by atoms with Crippen molar-refractivity contribution in [3.05, 3.63) is 81.5 Å². The van der Waals surface area contributed by atoms with Crippen LogP contribution < -0.4 is 0 Å². The van der Waals surface area contributed by atoms with Crippen molar-refractivity contribution in [2.45, 2.75) is 53.4 Å². The van der Waals surface area contributed by atoms with Crippen LogP contribution in [0, 0.1) is 0 Å². The van der Waals surface area contributed by atoms with Gasteiger partial charge in [-0.05, 0) is 62.1 Å². The van der Waals surface area contributed by atoms with E-state index in [0.717, 1.165) is 48.5 Å². The molecule has 0 aliphatic carbocycles. The number of hydrogen-bond donors (Lipinski definition) is 0. The summed E-state index contributed by atoms with van der Waals surface area (Å²) in [4.78, 5) is 12.3. The summed E-state index contributed by atoms with van der Waals surface area (Å²) in [5.74, 6) is 0. The van der Waals surface area contributed by atoms with E-state index < -0.39 is 0 Å². The largest absolute Gasteiger partial charge is 0.252 e. The molecule has 0 unspecified atom stereocenters. The molecule has 3 aromatic rings. The predicted octanol–water partition coefficient (Wildman–Crippen LogP) is 7.93. The van der Waals surface area contributed by atoms with Gasteiger partial charge in [0.15, 0.2) is 0 Å². The molecule has 0 bridgehead atoms. The van der Waals surface area contributed by atoms with Gasteiger partial charge in [0.1, 0.15) is 0 Å². The first-order chi connectivity index (χ1) is 14.1. The van der Waals surface area contributed by atoms with Crippen LogP contribution in [-0.4, -0.2) is 11.4 Å². The molecule has 29 heavy (non-hydrogen) atoms. The summed E-state index contributed by atoms with van der Waals surface area (Å²) in [6.45, 7) is 8.61. The number of thiophene rings is 1. The highest BCUT2D eigenvalue weighted by atomic mass is 32.1. The number of rotatable bonds is 8. The monoisotopic (exact) mass is 402 g/mol. The van der Waals surface area contributed by atoms with Gasteiger partial charge in [0.25, 0.3) is 0 Å². The average Bonchev–Trinajstić information content (AvgIpc) is 3.22. The van der Waals surface area contributed by atoms with Gasteiger partial charge in [0.2, 0.25) is 0 Å². The second kappa shape index (κ2) is 10.3. The summed E-state index contributed by atoms with van der Waals surface area (Å²) < 4.78 is 0. The van der Waals surface area contributed by atoms with Gasteiger partial charge in [-0.15, -0.1) is 11.3 Å². The third-order valence-electron chi connectivity index (χ3n) is 4.92. The maximum absolute atomic E-state index is 4.93. The number of para-hydroxylation sites is 2. The van der Waals surface area contributed by atoms with Gasteiger partial charge in [0.05, 0.1) is 22.8 Å². The molecule has 2 nitrogen and oxygen atoms in total. The van der Waals surface area contributed by atoms with Crippen molar-refractivity contribution < 1.29 is 0 Å². The summed E-state index contributed by atoms with van der Waals surface area (Å²) in [6, 6.07) is 21.2. The fraction of sp³-hybridized carbons (Fsp3) is 0.308. The van der Waals surface area contributed by atoms with Gasteiger partial charge in [0, 0.05) is 9.75 Å². The van der Waals surface area contributed by atoms with Crippen molar-refractivity contribution in [2.75, 3.05) is 0 Å². The number of aryl methyl sites for hydroxylation is 2. The Kier molecular flexibility index (Phi) is 7.54. The second-order valence-corrected chi connectivity index (χ2v) is 8.40. The minimum atomic E-state index is 1.06. The second-order valence-electron chi connectivity index (χ2n) is 7.32. The molecule has 0 saturated carbocycles. The van der Waals surface area contributed by atoms with Crippen molar-refractivity contribution in [1.82, 2.24) is 0 Å². The molecule has 0 spiro atoms. The Bertz CT molecular complexity index is 931. The van der Waals surface area contributed by atoms with Crippen LogP contribution >= 0.6 is 11.3 Å². The SMILES string of the molecule is CCCc1ccccc1N=C(C)c1ccc(C(C)=Nc2ccccc2CCC)s1. The lowest BCUT2D eigenvalue weighted by molar-refractivity contribution is 0.921. The number of benzene rings is 2. The zero-order valence-electron chi connectivity index (χ0n) is 17.9. The molecule has 0 N–H and O–H groups in total. The molecule has 0 fully saturated rings. The van der Waals surface area contributed by atoms with Crippen molar-refractivity contribution in [1.29, 1.82) is 0 Å². The Morgan fingerprint density at radius 1 is 0.655 bits per heavy atom. The molecule has 2 aromatic carbocycles. The third-order valence-corrected chi connectivity index (χ3v) is 6.22. The fourth-order valence-corrected chi connectivity index (χ4v) is 4.30. The minimum Gasteiger partial charge on any atom is -0.252 e. The minimum absolute atomic E-state index is 1.06. The van der Waals surface area contributed by atoms with Crippen molar-refractivity contribution in [3.63, 3.8) is 0 Å². The summed E-state index contributed by atoms with van der Waals surface area (Å²) in [6.07, 6.45) is 4.38. The molecule has 0 atom stereocenters. The Balaban J connectivity index is 1.85. The summed E-state index contributed by atoms with van der Waals surface area (Å²) in [5, 5.41) is 0. The van der Waals surface area contributed by atoms with Crippen LogP contribution in [-0.2, 0) is 12.8 Å². The molecule has 0 amide bonds. The van der Waals surface area contributed by atoms with Crippen LogP contribution in [0.1, 0.15) is 61.4 Å².